The van der Waals surface area contributed by atoms with E-state index in [0.29, 0.717) is 18.8 Å². The third kappa shape index (κ3) is 4.16. The zero-order valence-electron chi connectivity index (χ0n) is 11.1. The largest absolute Gasteiger partial charge is 0.351 e. The van der Waals surface area contributed by atoms with Crippen molar-refractivity contribution in [3.8, 4) is 0 Å². The molecule has 4 N–H and O–H groups in total. The molecule has 108 valence electrons. The summed E-state index contributed by atoms with van der Waals surface area (Å²) in [6, 6.07) is 7.62. The Bertz CT molecular complexity index is 558. The van der Waals surface area contributed by atoms with Crippen LogP contribution in [0.25, 0.3) is 10.9 Å². The van der Waals surface area contributed by atoms with Crippen molar-refractivity contribution in [3.63, 3.8) is 0 Å². The van der Waals surface area contributed by atoms with Crippen molar-refractivity contribution >= 4 is 38.4 Å². The lowest BCUT2D eigenvalue weighted by Gasteiger charge is -2.03. The van der Waals surface area contributed by atoms with E-state index < -0.39 is 0 Å². The predicted molar refractivity (Wildman–Crippen MR) is 87.0 cm³/mol. The van der Waals surface area contributed by atoms with E-state index in [0.717, 1.165) is 28.8 Å². The Morgan fingerprint density at radius 1 is 1.30 bits per heavy atom. The molecule has 2 rings (SSSR count). The van der Waals surface area contributed by atoms with Gasteiger partial charge in [-0.25, -0.2) is 0 Å². The van der Waals surface area contributed by atoms with Crippen molar-refractivity contribution in [3.05, 3.63) is 30.0 Å². The molecule has 0 radical (unpaired) electrons. The Balaban J connectivity index is 1.75. The molecule has 0 bridgehead atoms. The second-order valence-corrected chi connectivity index (χ2v) is 6.86. The highest BCUT2D eigenvalue weighted by molar-refractivity contribution is 8.76. The second-order valence-electron chi connectivity index (χ2n) is 4.16. The summed E-state index contributed by atoms with van der Waals surface area (Å²) < 4.78 is 0. The molecule has 0 saturated carbocycles. The van der Waals surface area contributed by atoms with Gasteiger partial charge in [-0.3, -0.25) is 9.89 Å². The number of hydrogen-bond donors (Lipinski definition) is 3. The summed E-state index contributed by atoms with van der Waals surface area (Å²) in [6.45, 7) is 1.37. The maximum Gasteiger partial charge on any atom is 0.272 e. The highest BCUT2D eigenvalue weighted by Gasteiger charge is 2.12. The number of nitrogens with one attached hydrogen (secondary N) is 2. The molecule has 0 aliphatic rings. The zero-order valence-corrected chi connectivity index (χ0v) is 12.7. The van der Waals surface area contributed by atoms with Crippen molar-refractivity contribution in [2.45, 2.75) is 6.42 Å². The van der Waals surface area contributed by atoms with Crippen LogP contribution in [0, 0.1) is 0 Å². The summed E-state index contributed by atoms with van der Waals surface area (Å²) in [5, 5.41) is 10.7. The van der Waals surface area contributed by atoms with Gasteiger partial charge in [0.2, 0.25) is 0 Å². The van der Waals surface area contributed by atoms with E-state index in [1.807, 2.05) is 24.3 Å². The van der Waals surface area contributed by atoms with E-state index in [1.165, 1.54) is 0 Å². The molecule has 1 amide bonds. The van der Waals surface area contributed by atoms with Gasteiger partial charge in [0.1, 0.15) is 0 Å². The van der Waals surface area contributed by atoms with Crippen LogP contribution >= 0.6 is 21.6 Å². The monoisotopic (exact) mass is 310 g/mol. The van der Waals surface area contributed by atoms with Gasteiger partial charge in [0, 0.05) is 30.0 Å². The molecular formula is C13H18N4OS2. The number of aromatic amines is 1. The van der Waals surface area contributed by atoms with Crippen molar-refractivity contribution in [2.24, 2.45) is 5.73 Å². The highest BCUT2D eigenvalue weighted by Crippen LogP contribution is 2.20. The number of rotatable bonds is 8. The number of fused-ring (bicyclic) bond motifs is 1. The molecule has 0 aliphatic carbocycles. The van der Waals surface area contributed by atoms with Gasteiger partial charge < -0.3 is 11.1 Å². The SMILES string of the molecule is NCCSSCCCNC(=O)c1n[nH]c2ccccc12. The standard InChI is InChI=1S/C13H18N4OS2/c14-6-9-20-19-8-3-7-15-13(18)12-10-4-1-2-5-11(10)16-17-12/h1-2,4-5H,3,6-9,14H2,(H,15,18)(H,16,17). The summed E-state index contributed by atoms with van der Waals surface area (Å²) in [5.41, 5.74) is 6.75. The first kappa shape index (κ1) is 15.2. The van der Waals surface area contributed by atoms with Gasteiger partial charge in [-0.05, 0) is 12.5 Å². The van der Waals surface area contributed by atoms with Crippen LogP contribution in [0.3, 0.4) is 0 Å². The normalized spacial score (nSPS) is 10.8. The molecule has 1 aromatic carbocycles. The number of aromatic nitrogens is 2. The minimum absolute atomic E-state index is 0.123. The van der Waals surface area contributed by atoms with E-state index >= 15 is 0 Å². The molecule has 0 unspecified atom stereocenters. The molecule has 0 saturated heterocycles. The molecule has 1 aromatic heterocycles. The van der Waals surface area contributed by atoms with Gasteiger partial charge in [0.05, 0.1) is 5.52 Å². The van der Waals surface area contributed by atoms with E-state index in [2.05, 4.69) is 15.5 Å². The van der Waals surface area contributed by atoms with Crippen molar-refractivity contribution in [2.75, 3.05) is 24.6 Å². The fourth-order valence-corrected chi connectivity index (χ4v) is 3.66. The van der Waals surface area contributed by atoms with Gasteiger partial charge in [-0.1, -0.05) is 39.8 Å². The molecular weight excluding hydrogens is 292 g/mol. The molecule has 0 fully saturated rings. The third-order valence-electron chi connectivity index (χ3n) is 2.66. The Kier molecular flexibility index (Phi) is 6.23. The molecule has 0 aliphatic heterocycles. The first-order chi connectivity index (χ1) is 9.83. The topological polar surface area (TPSA) is 83.8 Å². The summed E-state index contributed by atoms with van der Waals surface area (Å²) in [5.74, 6) is 1.85. The number of H-pyrrole nitrogens is 1. The van der Waals surface area contributed by atoms with E-state index in [-0.39, 0.29) is 5.91 Å². The van der Waals surface area contributed by atoms with Crippen molar-refractivity contribution < 1.29 is 4.79 Å². The predicted octanol–water partition coefficient (Wildman–Crippen LogP) is 2.02. The molecule has 20 heavy (non-hydrogen) atoms. The van der Waals surface area contributed by atoms with Crippen LogP contribution in [0.1, 0.15) is 16.9 Å². The number of hydrogen-bond acceptors (Lipinski definition) is 5. The number of carbonyl (C=O) groups is 1. The first-order valence-electron chi connectivity index (χ1n) is 6.48. The summed E-state index contributed by atoms with van der Waals surface area (Å²) >= 11 is 0. The smallest absolute Gasteiger partial charge is 0.272 e. The summed E-state index contributed by atoms with van der Waals surface area (Å²) in [6.07, 6.45) is 0.941. The van der Waals surface area contributed by atoms with Gasteiger partial charge in [0.25, 0.3) is 5.91 Å². The van der Waals surface area contributed by atoms with Gasteiger partial charge in [-0.2, -0.15) is 5.10 Å². The average Bonchev–Trinajstić information content (AvgIpc) is 2.90. The van der Waals surface area contributed by atoms with Crippen LogP contribution in [0.5, 0.6) is 0 Å². The van der Waals surface area contributed by atoms with Crippen molar-refractivity contribution in [1.82, 2.24) is 15.5 Å². The average molecular weight is 310 g/mol. The minimum atomic E-state index is -0.123. The number of benzene rings is 1. The summed E-state index contributed by atoms with van der Waals surface area (Å²) in [4.78, 5) is 12.0. The van der Waals surface area contributed by atoms with E-state index in [4.69, 9.17) is 5.73 Å². The van der Waals surface area contributed by atoms with Gasteiger partial charge in [0.15, 0.2) is 5.69 Å². The highest BCUT2D eigenvalue weighted by atomic mass is 33.1. The maximum absolute atomic E-state index is 12.0. The van der Waals surface area contributed by atoms with Crippen LogP contribution in [-0.4, -0.2) is 40.7 Å². The quantitative estimate of drug-likeness (QED) is 0.513. The summed E-state index contributed by atoms with van der Waals surface area (Å²) in [7, 11) is 3.57. The molecule has 1 heterocycles. The maximum atomic E-state index is 12.0. The molecule has 2 aromatic rings. The second kappa shape index (κ2) is 8.18. The Morgan fingerprint density at radius 2 is 2.10 bits per heavy atom. The molecule has 7 heteroatoms. The van der Waals surface area contributed by atoms with Gasteiger partial charge in [-0.15, -0.1) is 0 Å². The molecule has 5 nitrogen and oxygen atoms in total. The van der Waals surface area contributed by atoms with Crippen LogP contribution in [0.15, 0.2) is 24.3 Å². The molecule has 0 atom stereocenters. The lowest BCUT2D eigenvalue weighted by molar-refractivity contribution is 0.0950. The number of carbonyl (C=O) groups excluding carboxylic acids is 1. The number of para-hydroxylation sites is 1. The van der Waals surface area contributed by atoms with E-state index in [9.17, 15) is 4.79 Å². The van der Waals surface area contributed by atoms with E-state index in [1.54, 1.807) is 21.6 Å². The fraction of sp³-hybridized carbons (Fsp3) is 0.385. The number of nitrogens with two attached hydrogens (primary N) is 1. The number of nitrogens with zero attached hydrogens (tertiary/aromatic N) is 1. The van der Waals surface area contributed by atoms with Crippen LogP contribution in [0.4, 0.5) is 0 Å². The Labute approximate surface area is 125 Å². The Morgan fingerprint density at radius 3 is 2.95 bits per heavy atom. The molecule has 0 spiro atoms. The fourth-order valence-electron chi connectivity index (χ4n) is 1.72. The number of amides is 1. The third-order valence-corrected chi connectivity index (χ3v) is 5.18. The lowest BCUT2D eigenvalue weighted by atomic mass is 10.2. The van der Waals surface area contributed by atoms with Crippen molar-refractivity contribution in [1.29, 1.82) is 0 Å². The lowest BCUT2D eigenvalue weighted by Crippen LogP contribution is -2.25. The Hall–Kier alpha value is -1.18. The van der Waals surface area contributed by atoms with Crippen LogP contribution in [-0.2, 0) is 0 Å². The van der Waals surface area contributed by atoms with Gasteiger partial charge >= 0.3 is 0 Å². The van der Waals surface area contributed by atoms with Crippen LogP contribution < -0.4 is 11.1 Å². The first-order valence-corrected chi connectivity index (χ1v) is 8.97. The minimum Gasteiger partial charge on any atom is -0.351 e. The zero-order chi connectivity index (χ0) is 14.2. The van der Waals surface area contributed by atoms with Crippen LogP contribution in [0.2, 0.25) is 0 Å².